The molecule has 0 aromatic heterocycles. The minimum Gasteiger partial charge on any atom is -0.496 e. The molecule has 0 fully saturated rings. The summed E-state index contributed by atoms with van der Waals surface area (Å²) < 4.78 is 5.35. The Balaban J connectivity index is 2.84. The van der Waals surface area contributed by atoms with Crippen LogP contribution in [-0.4, -0.2) is 23.9 Å². The van der Waals surface area contributed by atoms with Crippen LogP contribution in [0.15, 0.2) is 12.1 Å². The van der Waals surface area contributed by atoms with E-state index in [0.717, 1.165) is 28.2 Å². The van der Waals surface area contributed by atoms with Gasteiger partial charge in [0.25, 0.3) is 0 Å². The summed E-state index contributed by atoms with van der Waals surface area (Å²) in [5.41, 5.74) is 2.85. The number of ether oxygens (including phenoxy) is 1. The highest BCUT2D eigenvalue weighted by Gasteiger charge is 2.15. The van der Waals surface area contributed by atoms with Gasteiger partial charge in [0.15, 0.2) is 5.78 Å². The fourth-order valence-electron chi connectivity index (χ4n) is 1.95. The van der Waals surface area contributed by atoms with Gasteiger partial charge in [0.1, 0.15) is 5.75 Å². The van der Waals surface area contributed by atoms with E-state index < -0.39 is 0 Å². The van der Waals surface area contributed by atoms with Crippen molar-refractivity contribution in [2.45, 2.75) is 39.4 Å². The molecule has 18 heavy (non-hydrogen) atoms. The zero-order valence-electron chi connectivity index (χ0n) is 11.9. The maximum absolute atomic E-state index is 12.2. The summed E-state index contributed by atoms with van der Waals surface area (Å²) in [6.07, 6.45) is 0.572. The first kappa shape index (κ1) is 15.1. The van der Waals surface area contributed by atoms with E-state index in [1.807, 2.05) is 37.7 Å². The number of carbonyl (C=O) groups excluding carboxylic acids is 1. The molecule has 100 valence electrons. The monoisotopic (exact) mass is 266 g/mol. The third-order valence-corrected chi connectivity index (χ3v) is 3.81. The Kier molecular flexibility index (Phi) is 5.73. The first-order chi connectivity index (χ1) is 8.45. The van der Waals surface area contributed by atoms with Crippen LogP contribution in [-0.2, 0) is 0 Å². The molecule has 0 bridgehead atoms. The van der Waals surface area contributed by atoms with Gasteiger partial charge in [0.05, 0.1) is 12.7 Å². The number of hydrogen-bond donors (Lipinski definition) is 0. The summed E-state index contributed by atoms with van der Waals surface area (Å²) in [6.45, 7) is 8.27. The van der Waals surface area contributed by atoms with Crippen LogP contribution in [0.2, 0.25) is 0 Å². The topological polar surface area (TPSA) is 26.3 Å². The van der Waals surface area contributed by atoms with Crippen LogP contribution in [0.1, 0.15) is 41.8 Å². The minimum atomic E-state index is 0.173. The Morgan fingerprint density at radius 1 is 1.33 bits per heavy atom. The summed E-state index contributed by atoms with van der Waals surface area (Å²) in [7, 11) is 1.62. The second kappa shape index (κ2) is 6.83. The van der Waals surface area contributed by atoms with Crippen molar-refractivity contribution in [3.05, 3.63) is 28.8 Å². The smallest absolute Gasteiger partial charge is 0.167 e. The van der Waals surface area contributed by atoms with Gasteiger partial charge in [-0.25, -0.2) is 0 Å². The quantitative estimate of drug-likeness (QED) is 0.727. The highest BCUT2D eigenvalue weighted by molar-refractivity contribution is 7.99. The van der Waals surface area contributed by atoms with Crippen molar-refractivity contribution in [3.63, 3.8) is 0 Å². The molecule has 0 aliphatic carbocycles. The molecule has 1 rings (SSSR count). The van der Waals surface area contributed by atoms with Gasteiger partial charge < -0.3 is 4.74 Å². The molecule has 1 aromatic carbocycles. The van der Waals surface area contributed by atoms with Gasteiger partial charge in [0.2, 0.25) is 0 Å². The van der Waals surface area contributed by atoms with Gasteiger partial charge in [-0.2, -0.15) is 11.8 Å². The predicted octanol–water partition coefficient (Wildman–Crippen LogP) is 4.03. The average molecular weight is 266 g/mol. The Morgan fingerprint density at radius 2 is 2.00 bits per heavy atom. The molecule has 0 saturated carbocycles. The molecule has 0 aliphatic heterocycles. The number of thioether (sulfide) groups is 1. The molecule has 0 radical (unpaired) electrons. The molecule has 0 N–H and O–H groups in total. The summed E-state index contributed by atoms with van der Waals surface area (Å²) >= 11 is 1.81. The Bertz CT molecular complexity index is 425. The summed E-state index contributed by atoms with van der Waals surface area (Å²) in [4.78, 5) is 12.2. The number of Topliss-reactive ketones (excluding diaryl/α,β-unsaturated/α-hetero) is 1. The number of rotatable bonds is 6. The molecular weight excluding hydrogens is 244 g/mol. The average Bonchev–Trinajstić information content (AvgIpc) is 2.27. The zero-order chi connectivity index (χ0) is 13.7. The van der Waals surface area contributed by atoms with Crippen molar-refractivity contribution < 1.29 is 9.53 Å². The van der Waals surface area contributed by atoms with E-state index in [1.165, 1.54) is 0 Å². The normalized spacial score (nSPS) is 10.8. The lowest BCUT2D eigenvalue weighted by molar-refractivity contribution is 0.0986. The largest absolute Gasteiger partial charge is 0.496 e. The van der Waals surface area contributed by atoms with Gasteiger partial charge in [-0.15, -0.1) is 0 Å². The fourth-order valence-corrected chi connectivity index (χ4v) is 2.73. The van der Waals surface area contributed by atoms with Crippen LogP contribution < -0.4 is 4.74 Å². The highest BCUT2D eigenvalue weighted by Crippen LogP contribution is 2.26. The Labute approximate surface area is 114 Å². The zero-order valence-corrected chi connectivity index (χ0v) is 12.7. The molecule has 3 heteroatoms. The van der Waals surface area contributed by atoms with E-state index in [4.69, 9.17) is 4.74 Å². The minimum absolute atomic E-state index is 0.173. The van der Waals surface area contributed by atoms with Gasteiger partial charge >= 0.3 is 0 Å². The number of aryl methyl sites for hydroxylation is 2. The summed E-state index contributed by atoms with van der Waals surface area (Å²) in [6, 6.07) is 3.96. The third kappa shape index (κ3) is 4.05. The van der Waals surface area contributed by atoms with Crippen LogP contribution >= 0.6 is 11.8 Å². The number of carbonyl (C=O) groups is 1. The second-order valence-electron chi connectivity index (χ2n) is 4.76. The second-order valence-corrected chi connectivity index (χ2v) is 6.44. The maximum atomic E-state index is 12.2. The maximum Gasteiger partial charge on any atom is 0.167 e. The van der Waals surface area contributed by atoms with Crippen LogP contribution in [0.3, 0.4) is 0 Å². The van der Waals surface area contributed by atoms with Gasteiger partial charge in [-0.1, -0.05) is 19.9 Å². The molecular formula is C15H22O2S. The lowest BCUT2D eigenvalue weighted by atomic mass is 10.0. The first-order valence-corrected chi connectivity index (χ1v) is 7.30. The van der Waals surface area contributed by atoms with E-state index >= 15 is 0 Å². The number of ketones is 1. The lowest BCUT2D eigenvalue weighted by Gasteiger charge is -2.12. The Hall–Kier alpha value is -0.960. The molecule has 0 amide bonds. The van der Waals surface area contributed by atoms with Gasteiger partial charge in [-0.05, 0) is 36.3 Å². The van der Waals surface area contributed by atoms with Crippen LogP contribution in [0.5, 0.6) is 5.75 Å². The molecule has 2 nitrogen and oxygen atoms in total. The van der Waals surface area contributed by atoms with Crippen molar-refractivity contribution in [2.24, 2.45) is 0 Å². The van der Waals surface area contributed by atoms with E-state index in [1.54, 1.807) is 7.11 Å². The molecule has 0 unspecified atom stereocenters. The fraction of sp³-hybridized carbons (Fsp3) is 0.533. The number of hydrogen-bond acceptors (Lipinski definition) is 3. The van der Waals surface area contributed by atoms with Crippen LogP contribution in [0, 0.1) is 13.8 Å². The van der Waals surface area contributed by atoms with Crippen LogP contribution in [0.4, 0.5) is 0 Å². The van der Waals surface area contributed by atoms with Gasteiger partial charge in [0, 0.05) is 12.2 Å². The molecule has 0 atom stereocenters. The molecule has 1 aromatic rings. The highest BCUT2D eigenvalue weighted by atomic mass is 32.2. The van der Waals surface area contributed by atoms with E-state index in [-0.39, 0.29) is 5.78 Å². The first-order valence-electron chi connectivity index (χ1n) is 6.25. The summed E-state index contributed by atoms with van der Waals surface area (Å²) in [5.74, 6) is 1.76. The van der Waals surface area contributed by atoms with Crippen LogP contribution in [0.25, 0.3) is 0 Å². The molecule has 0 spiro atoms. The SMILES string of the molecule is COc1c(C)cc(C)cc1C(=O)CCSC(C)C. The third-order valence-electron chi connectivity index (χ3n) is 2.70. The predicted molar refractivity (Wildman–Crippen MR) is 79.0 cm³/mol. The van der Waals surface area contributed by atoms with Crippen molar-refractivity contribution in [1.82, 2.24) is 0 Å². The molecule has 0 saturated heterocycles. The van der Waals surface area contributed by atoms with Crippen molar-refractivity contribution >= 4 is 17.5 Å². The van der Waals surface area contributed by atoms with E-state index in [0.29, 0.717) is 11.7 Å². The van der Waals surface area contributed by atoms with Gasteiger partial charge in [-0.3, -0.25) is 4.79 Å². The Morgan fingerprint density at radius 3 is 2.56 bits per heavy atom. The van der Waals surface area contributed by atoms with Crippen molar-refractivity contribution in [3.8, 4) is 5.75 Å². The molecule has 0 heterocycles. The summed E-state index contributed by atoms with van der Waals surface area (Å²) in [5, 5.41) is 0.568. The molecule has 0 aliphatic rings. The van der Waals surface area contributed by atoms with Crippen molar-refractivity contribution in [2.75, 3.05) is 12.9 Å². The number of benzene rings is 1. The van der Waals surface area contributed by atoms with Crippen molar-refractivity contribution in [1.29, 1.82) is 0 Å². The van der Waals surface area contributed by atoms with E-state index in [2.05, 4.69) is 13.8 Å². The van der Waals surface area contributed by atoms with E-state index in [9.17, 15) is 4.79 Å². The number of methoxy groups -OCH3 is 1. The lowest BCUT2D eigenvalue weighted by Crippen LogP contribution is -2.06. The standard InChI is InChI=1S/C15H22O2S/c1-10(2)18-7-6-14(16)13-9-11(3)8-12(4)15(13)17-5/h8-10H,6-7H2,1-5H3.